The molecule has 0 fully saturated rings. The summed E-state index contributed by atoms with van der Waals surface area (Å²) in [4.78, 5) is 0. The molecule has 0 amide bonds. The maximum Gasteiger partial charge on any atom is 0.134 e. The topological polar surface area (TPSA) is 39.2 Å². The van der Waals surface area contributed by atoms with E-state index in [0.29, 0.717) is 6.54 Å². The predicted molar refractivity (Wildman–Crippen MR) is 64.3 cm³/mol. The van der Waals surface area contributed by atoms with Gasteiger partial charge >= 0.3 is 0 Å². The van der Waals surface area contributed by atoms with Crippen LogP contribution in [0.25, 0.3) is 11.3 Å². The van der Waals surface area contributed by atoms with E-state index < -0.39 is 0 Å². The Morgan fingerprint density at radius 1 is 1.07 bits per heavy atom. The monoisotopic (exact) mass is 243 g/mol. The Morgan fingerprint density at radius 2 is 1.73 bits per heavy atom. The molecule has 0 saturated heterocycles. The van der Waals surface area contributed by atoms with Crippen LogP contribution in [0.1, 0.15) is 5.76 Å². The zero-order valence-corrected chi connectivity index (χ0v) is 9.52. The molecule has 1 aromatic heterocycles. The molecule has 0 saturated carbocycles. The van der Waals surface area contributed by atoms with E-state index >= 15 is 0 Å². The zero-order valence-electron chi connectivity index (χ0n) is 7.94. The normalized spacial score (nSPS) is 9.73. The highest BCUT2D eigenvalue weighted by Crippen LogP contribution is 2.23. The largest absolute Gasteiger partial charge is 0.460 e. The van der Waals surface area contributed by atoms with Crippen LogP contribution < -0.4 is 5.73 Å². The number of hydrogen-bond acceptors (Lipinski definition) is 2. The lowest BCUT2D eigenvalue weighted by atomic mass is 10.2. The lowest BCUT2D eigenvalue weighted by molar-refractivity contribution is 0.525. The second kappa shape index (κ2) is 5.21. The minimum Gasteiger partial charge on any atom is -0.460 e. The Labute approximate surface area is 99.4 Å². The molecule has 1 heterocycles. The molecule has 0 radical (unpaired) electrons. The molecular formula is C11H11Cl2NO. The number of hydrogen-bond donors (Lipinski definition) is 1. The van der Waals surface area contributed by atoms with E-state index in [4.69, 9.17) is 21.8 Å². The fourth-order valence-electron chi connectivity index (χ4n) is 1.26. The van der Waals surface area contributed by atoms with Gasteiger partial charge in [-0.05, 0) is 36.4 Å². The first-order valence-electron chi connectivity index (χ1n) is 4.34. The van der Waals surface area contributed by atoms with Gasteiger partial charge in [0.15, 0.2) is 0 Å². The van der Waals surface area contributed by atoms with Gasteiger partial charge in [0.05, 0.1) is 6.54 Å². The van der Waals surface area contributed by atoms with Gasteiger partial charge in [-0.1, -0.05) is 11.6 Å². The lowest BCUT2D eigenvalue weighted by Crippen LogP contribution is -1.92. The van der Waals surface area contributed by atoms with E-state index in [-0.39, 0.29) is 12.4 Å². The van der Waals surface area contributed by atoms with Gasteiger partial charge in [0.1, 0.15) is 11.5 Å². The summed E-state index contributed by atoms with van der Waals surface area (Å²) in [6.07, 6.45) is 0. The van der Waals surface area contributed by atoms with Crippen LogP contribution >= 0.6 is 24.0 Å². The summed E-state index contributed by atoms with van der Waals surface area (Å²) in [5.41, 5.74) is 6.46. The maximum atomic E-state index is 5.78. The van der Waals surface area contributed by atoms with E-state index in [9.17, 15) is 0 Å². The van der Waals surface area contributed by atoms with Crippen molar-refractivity contribution in [3.63, 3.8) is 0 Å². The van der Waals surface area contributed by atoms with Crippen molar-refractivity contribution in [1.82, 2.24) is 0 Å². The Morgan fingerprint density at radius 3 is 2.27 bits per heavy atom. The van der Waals surface area contributed by atoms with Gasteiger partial charge in [-0.3, -0.25) is 0 Å². The van der Waals surface area contributed by atoms with Gasteiger partial charge in [-0.25, -0.2) is 0 Å². The highest BCUT2D eigenvalue weighted by atomic mass is 35.5. The van der Waals surface area contributed by atoms with E-state index in [0.717, 1.165) is 22.1 Å². The van der Waals surface area contributed by atoms with Crippen LogP contribution in [-0.2, 0) is 6.54 Å². The molecule has 15 heavy (non-hydrogen) atoms. The van der Waals surface area contributed by atoms with Crippen LogP contribution in [0.5, 0.6) is 0 Å². The third-order valence-corrected chi connectivity index (χ3v) is 2.24. The summed E-state index contributed by atoms with van der Waals surface area (Å²) in [6, 6.07) is 11.3. The van der Waals surface area contributed by atoms with Gasteiger partial charge in [0.25, 0.3) is 0 Å². The second-order valence-corrected chi connectivity index (χ2v) is 3.41. The maximum absolute atomic E-state index is 5.78. The van der Waals surface area contributed by atoms with Crippen molar-refractivity contribution in [1.29, 1.82) is 0 Å². The summed E-state index contributed by atoms with van der Waals surface area (Å²) >= 11 is 5.78. The Kier molecular flexibility index (Phi) is 4.21. The summed E-state index contributed by atoms with van der Waals surface area (Å²) in [6.45, 7) is 0.424. The molecule has 2 aromatic rings. The SMILES string of the molecule is Cl.NCc1ccc(-c2ccc(Cl)cc2)o1. The predicted octanol–water partition coefficient (Wildman–Crippen LogP) is 3.48. The lowest BCUT2D eigenvalue weighted by Gasteiger charge is -1.96. The summed E-state index contributed by atoms with van der Waals surface area (Å²) in [7, 11) is 0. The average Bonchev–Trinajstić information content (AvgIpc) is 2.67. The Bertz CT molecular complexity index is 422. The quantitative estimate of drug-likeness (QED) is 0.878. The smallest absolute Gasteiger partial charge is 0.134 e. The van der Waals surface area contributed by atoms with Gasteiger partial charge in [-0.2, -0.15) is 0 Å². The molecule has 1 aromatic carbocycles. The van der Waals surface area contributed by atoms with Crippen LogP contribution in [0, 0.1) is 0 Å². The Balaban J connectivity index is 0.00000112. The van der Waals surface area contributed by atoms with Crippen molar-refractivity contribution >= 4 is 24.0 Å². The molecule has 0 atom stereocenters. The van der Waals surface area contributed by atoms with Crippen molar-refractivity contribution in [2.24, 2.45) is 5.73 Å². The highest BCUT2D eigenvalue weighted by molar-refractivity contribution is 6.30. The van der Waals surface area contributed by atoms with Crippen LogP contribution in [0.3, 0.4) is 0 Å². The fourth-order valence-corrected chi connectivity index (χ4v) is 1.38. The first-order chi connectivity index (χ1) is 6.79. The second-order valence-electron chi connectivity index (χ2n) is 2.98. The molecule has 0 aliphatic heterocycles. The first-order valence-corrected chi connectivity index (χ1v) is 4.72. The summed E-state index contributed by atoms with van der Waals surface area (Å²) in [5.74, 6) is 1.61. The third-order valence-electron chi connectivity index (χ3n) is 1.99. The van der Waals surface area contributed by atoms with Crippen LogP contribution in [0.4, 0.5) is 0 Å². The molecule has 0 aliphatic carbocycles. The number of benzene rings is 1. The number of furan rings is 1. The van der Waals surface area contributed by atoms with Crippen molar-refractivity contribution in [2.75, 3.05) is 0 Å². The van der Waals surface area contributed by atoms with E-state index in [1.54, 1.807) is 0 Å². The minimum atomic E-state index is 0. The van der Waals surface area contributed by atoms with E-state index in [1.807, 2.05) is 36.4 Å². The van der Waals surface area contributed by atoms with Crippen molar-refractivity contribution in [3.05, 3.63) is 47.2 Å². The molecule has 2 rings (SSSR count). The minimum absolute atomic E-state index is 0. The van der Waals surface area contributed by atoms with Gasteiger partial charge in [-0.15, -0.1) is 12.4 Å². The van der Waals surface area contributed by atoms with Crippen molar-refractivity contribution < 1.29 is 4.42 Å². The summed E-state index contributed by atoms with van der Waals surface area (Å²) < 4.78 is 5.49. The average molecular weight is 244 g/mol. The molecule has 0 unspecified atom stereocenters. The number of rotatable bonds is 2. The molecule has 80 valence electrons. The molecule has 2 N–H and O–H groups in total. The molecule has 0 bridgehead atoms. The number of nitrogens with two attached hydrogens (primary N) is 1. The van der Waals surface area contributed by atoms with E-state index in [2.05, 4.69) is 0 Å². The number of halogens is 2. The van der Waals surface area contributed by atoms with Gasteiger partial charge < -0.3 is 10.2 Å². The van der Waals surface area contributed by atoms with Crippen LogP contribution in [0.2, 0.25) is 5.02 Å². The van der Waals surface area contributed by atoms with Crippen LogP contribution in [0.15, 0.2) is 40.8 Å². The van der Waals surface area contributed by atoms with E-state index in [1.165, 1.54) is 0 Å². The molecule has 2 nitrogen and oxygen atoms in total. The molecular weight excluding hydrogens is 233 g/mol. The fraction of sp³-hybridized carbons (Fsp3) is 0.0909. The van der Waals surface area contributed by atoms with Gasteiger partial charge in [0, 0.05) is 10.6 Å². The molecule has 0 aliphatic rings. The highest BCUT2D eigenvalue weighted by Gasteiger charge is 2.02. The third kappa shape index (κ3) is 2.75. The standard InChI is InChI=1S/C11H10ClNO.ClH/c12-9-3-1-8(2-4-9)11-6-5-10(7-13)14-11;/h1-6H,7,13H2;1H. The van der Waals surface area contributed by atoms with Crippen molar-refractivity contribution in [3.8, 4) is 11.3 Å². The van der Waals surface area contributed by atoms with Crippen LogP contribution in [-0.4, -0.2) is 0 Å². The van der Waals surface area contributed by atoms with Crippen molar-refractivity contribution in [2.45, 2.75) is 6.54 Å². The molecule has 4 heteroatoms. The first kappa shape index (κ1) is 12.1. The summed E-state index contributed by atoms with van der Waals surface area (Å²) in [5, 5.41) is 0.722. The van der Waals surface area contributed by atoms with Gasteiger partial charge in [0.2, 0.25) is 0 Å². The molecule has 0 spiro atoms. The Hall–Kier alpha value is -0.960. The zero-order chi connectivity index (χ0) is 9.97.